The van der Waals surface area contributed by atoms with Crippen molar-refractivity contribution < 1.29 is 14.6 Å². The third kappa shape index (κ3) is 3.76. The SMILES string of the molecule is CC(C)OC(=O)C(c1ccc(Cl)cc1)c1ccccc1O. The number of aromatic hydroxyl groups is 1. The summed E-state index contributed by atoms with van der Waals surface area (Å²) in [4.78, 5) is 12.4. The molecule has 0 amide bonds. The van der Waals surface area contributed by atoms with E-state index in [1.54, 1.807) is 62.4 Å². The number of carbonyl (C=O) groups excluding carboxylic acids is 1. The maximum absolute atomic E-state index is 12.4. The van der Waals surface area contributed by atoms with E-state index in [2.05, 4.69) is 0 Å². The molecule has 2 aromatic carbocycles. The second kappa shape index (κ2) is 6.64. The Balaban J connectivity index is 2.46. The van der Waals surface area contributed by atoms with Gasteiger partial charge in [0.05, 0.1) is 6.10 Å². The van der Waals surface area contributed by atoms with Gasteiger partial charge in [0.15, 0.2) is 0 Å². The maximum atomic E-state index is 12.4. The summed E-state index contributed by atoms with van der Waals surface area (Å²) in [5.41, 5.74) is 1.25. The monoisotopic (exact) mass is 304 g/mol. The number of hydrogen-bond donors (Lipinski definition) is 1. The quantitative estimate of drug-likeness (QED) is 0.864. The van der Waals surface area contributed by atoms with Crippen LogP contribution < -0.4 is 0 Å². The smallest absolute Gasteiger partial charge is 0.318 e. The number of halogens is 1. The van der Waals surface area contributed by atoms with Crippen molar-refractivity contribution in [1.29, 1.82) is 0 Å². The number of phenolic OH excluding ortho intramolecular Hbond substituents is 1. The van der Waals surface area contributed by atoms with Gasteiger partial charge in [-0.1, -0.05) is 41.9 Å². The van der Waals surface area contributed by atoms with Crippen LogP contribution in [0.3, 0.4) is 0 Å². The molecule has 0 bridgehead atoms. The molecule has 2 rings (SSSR count). The number of hydrogen-bond acceptors (Lipinski definition) is 3. The molecule has 0 radical (unpaired) electrons. The molecule has 0 aliphatic carbocycles. The van der Waals surface area contributed by atoms with Gasteiger partial charge >= 0.3 is 5.97 Å². The average Bonchev–Trinajstić information content (AvgIpc) is 2.42. The van der Waals surface area contributed by atoms with Gasteiger partial charge in [0.1, 0.15) is 11.7 Å². The van der Waals surface area contributed by atoms with Crippen molar-refractivity contribution in [2.24, 2.45) is 0 Å². The summed E-state index contributed by atoms with van der Waals surface area (Å²) >= 11 is 5.89. The lowest BCUT2D eigenvalue weighted by molar-refractivity contribution is -0.148. The fourth-order valence-corrected chi connectivity index (χ4v) is 2.26. The zero-order chi connectivity index (χ0) is 15.4. The fourth-order valence-electron chi connectivity index (χ4n) is 2.13. The lowest BCUT2D eigenvalue weighted by atomic mass is 9.90. The van der Waals surface area contributed by atoms with Crippen molar-refractivity contribution in [3.63, 3.8) is 0 Å². The third-order valence-corrected chi connectivity index (χ3v) is 3.29. The number of para-hydroxylation sites is 1. The van der Waals surface area contributed by atoms with Crippen LogP contribution in [0, 0.1) is 0 Å². The Morgan fingerprint density at radius 2 is 1.71 bits per heavy atom. The number of carbonyl (C=O) groups is 1. The number of ether oxygens (including phenoxy) is 1. The Kier molecular flexibility index (Phi) is 4.86. The Morgan fingerprint density at radius 1 is 1.10 bits per heavy atom. The topological polar surface area (TPSA) is 46.5 Å². The minimum Gasteiger partial charge on any atom is -0.508 e. The highest BCUT2D eigenvalue weighted by Gasteiger charge is 2.27. The molecule has 0 fully saturated rings. The summed E-state index contributed by atoms with van der Waals surface area (Å²) < 4.78 is 5.32. The molecular weight excluding hydrogens is 288 g/mol. The van der Waals surface area contributed by atoms with Crippen LogP contribution in [0.4, 0.5) is 0 Å². The van der Waals surface area contributed by atoms with Gasteiger partial charge in [-0.05, 0) is 37.6 Å². The second-order valence-corrected chi connectivity index (χ2v) is 5.47. The molecular formula is C17H17ClO3. The molecule has 21 heavy (non-hydrogen) atoms. The largest absolute Gasteiger partial charge is 0.508 e. The molecule has 1 N–H and O–H groups in total. The van der Waals surface area contributed by atoms with Gasteiger partial charge in [0.25, 0.3) is 0 Å². The molecule has 0 aromatic heterocycles. The number of phenols is 1. The number of rotatable bonds is 4. The first-order valence-corrected chi connectivity index (χ1v) is 7.10. The molecule has 0 aliphatic rings. The van der Waals surface area contributed by atoms with Crippen LogP contribution in [0.1, 0.15) is 30.9 Å². The van der Waals surface area contributed by atoms with Gasteiger partial charge in [-0.25, -0.2) is 0 Å². The summed E-state index contributed by atoms with van der Waals surface area (Å²) in [5, 5.41) is 10.6. The van der Waals surface area contributed by atoms with E-state index in [0.29, 0.717) is 10.6 Å². The van der Waals surface area contributed by atoms with Crippen molar-refractivity contribution in [1.82, 2.24) is 0 Å². The van der Waals surface area contributed by atoms with Crippen LogP contribution in [0.25, 0.3) is 0 Å². The van der Waals surface area contributed by atoms with E-state index in [0.717, 1.165) is 5.56 Å². The predicted molar refractivity (Wildman–Crippen MR) is 82.6 cm³/mol. The van der Waals surface area contributed by atoms with Crippen LogP contribution in [0.2, 0.25) is 5.02 Å². The van der Waals surface area contributed by atoms with Gasteiger partial charge in [0.2, 0.25) is 0 Å². The van der Waals surface area contributed by atoms with E-state index in [1.807, 2.05) is 0 Å². The van der Waals surface area contributed by atoms with Crippen molar-refractivity contribution in [3.8, 4) is 5.75 Å². The molecule has 110 valence electrons. The number of esters is 1. The fraction of sp³-hybridized carbons (Fsp3) is 0.235. The lowest BCUT2D eigenvalue weighted by Gasteiger charge is -2.19. The Labute approximate surface area is 129 Å². The minimum absolute atomic E-state index is 0.0677. The molecule has 0 spiro atoms. The predicted octanol–water partition coefficient (Wildman–Crippen LogP) is 4.13. The molecule has 4 heteroatoms. The summed E-state index contributed by atoms with van der Waals surface area (Å²) in [5.74, 6) is -1.00. The highest BCUT2D eigenvalue weighted by Crippen LogP contribution is 2.33. The Morgan fingerprint density at radius 3 is 2.29 bits per heavy atom. The van der Waals surface area contributed by atoms with E-state index in [1.165, 1.54) is 0 Å². The summed E-state index contributed by atoms with van der Waals surface area (Å²) in [6.45, 7) is 3.59. The molecule has 1 atom stereocenters. The van der Waals surface area contributed by atoms with Crippen LogP contribution in [0.15, 0.2) is 48.5 Å². The molecule has 0 heterocycles. The zero-order valence-electron chi connectivity index (χ0n) is 11.9. The van der Waals surface area contributed by atoms with Gasteiger partial charge in [-0.3, -0.25) is 4.79 Å². The first-order chi connectivity index (χ1) is 9.99. The normalized spacial score (nSPS) is 12.2. The van der Waals surface area contributed by atoms with Crippen molar-refractivity contribution in [3.05, 3.63) is 64.7 Å². The summed E-state index contributed by atoms with van der Waals surface area (Å²) in [7, 11) is 0. The van der Waals surface area contributed by atoms with Crippen LogP contribution in [0.5, 0.6) is 5.75 Å². The van der Waals surface area contributed by atoms with Gasteiger partial charge in [-0.2, -0.15) is 0 Å². The van der Waals surface area contributed by atoms with Gasteiger partial charge < -0.3 is 9.84 Å². The molecule has 0 saturated carbocycles. The highest BCUT2D eigenvalue weighted by atomic mass is 35.5. The van der Waals surface area contributed by atoms with Gasteiger partial charge in [-0.15, -0.1) is 0 Å². The summed E-state index contributed by atoms with van der Waals surface area (Å²) in [6.07, 6.45) is -0.224. The standard InChI is InChI=1S/C17H17ClO3/c1-11(2)21-17(20)16(12-7-9-13(18)10-8-12)14-5-3-4-6-15(14)19/h3-11,16,19H,1-2H3. The number of benzene rings is 2. The van der Waals surface area contributed by atoms with E-state index < -0.39 is 11.9 Å². The average molecular weight is 305 g/mol. The van der Waals surface area contributed by atoms with Crippen molar-refractivity contribution in [2.45, 2.75) is 25.9 Å². The maximum Gasteiger partial charge on any atom is 0.318 e. The van der Waals surface area contributed by atoms with Crippen molar-refractivity contribution in [2.75, 3.05) is 0 Å². The Hall–Kier alpha value is -2.00. The highest BCUT2D eigenvalue weighted by molar-refractivity contribution is 6.30. The molecule has 2 aromatic rings. The zero-order valence-corrected chi connectivity index (χ0v) is 12.7. The first kappa shape index (κ1) is 15.4. The molecule has 3 nitrogen and oxygen atoms in total. The van der Waals surface area contributed by atoms with Crippen LogP contribution in [-0.4, -0.2) is 17.2 Å². The molecule has 1 unspecified atom stereocenters. The third-order valence-electron chi connectivity index (χ3n) is 3.04. The summed E-state index contributed by atoms with van der Waals surface area (Å²) in [6, 6.07) is 13.7. The van der Waals surface area contributed by atoms with E-state index >= 15 is 0 Å². The van der Waals surface area contributed by atoms with Crippen LogP contribution in [-0.2, 0) is 9.53 Å². The molecule has 0 aliphatic heterocycles. The first-order valence-electron chi connectivity index (χ1n) is 6.73. The lowest BCUT2D eigenvalue weighted by Crippen LogP contribution is -2.20. The Bertz CT molecular complexity index is 620. The van der Waals surface area contributed by atoms with E-state index in [4.69, 9.17) is 16.3 Å². The minimum atomic E-state index is -0.675. The van der Waals surface area contributed by atoms with E-state index in [-0.39, 0.29) is 11.9 Å². The van der Waals surface area contributed by atoms with Crippen LogP contribution >= 0.6 is 11.6 Å². The van der Waals surface area contributed by atoms with Crippen molar-refractivity contribution >= 4 is 17.6 Å². The molecule has 0 saturated heterocycles. The van der Waals surface area contributed by atoms with E-state index in [9.17, 15) is 9.90 Å². The van der Waals surface area contributed by atoms with Gasteiger partial charge in [0, 0.05) is 10.6 Å². The second-order valence-electron chi connectivity index (χ2n) is 5.03.